The van der Waals surface area contributed by atoms with Crippen molar-refractivity contribution >= 4 is 11.8 Å². The predicted octanol–water partition coefficient (Wildman–Crippen LogP) is 4.65. The fourth-order valence-electron chi connectivity index (χ4n) is 3.44. The molecule has 1 atom stereocenters. The summed E-state index contributed by atoms with van der Waals surface area (Å²) in [5.41, 5.74) is 3.35. The van der Waals surface area contributed by atoms with E-state index in [1.54, 1.807) is 4.90 Å². The first-order valence-corrected chi connectivity index (χ1v) is 10.7. The summed E-state index contributed by atoms with van der Waals surface area (Å²) in [6.07, 6.45) is 3.65. The smallest absolute Gasteiger partial charge is 0.242 e. The first kappa shape index (κ1) is 22.7. The van der Waals surface area contributed by atoms with Gasteiger partial charge in [-0.3, -0.25) is 9.59 Å². The Balaban J connectivity index is 2.17. The van der Waals surface area contributed by atoms with E-state index >= 15 is 0 Å². The summed E-state index contributed by atoms with van der Waals surface area (Å²) in [6.45, 7) is 7.23. The maximum absolute atomic E-state index is 13.2. The fourth-order valence-corrected chi connectivity index (χ4v) is 3.44. The number of rotatable bonds is 11. The van der Waals surface area contributed by atoms with Crippen LogP contribution in [-0.2, 0) is 22.6 Å². The molecule has 0 heterocycles. The van der Waals surface area contributed by atoms with E-state index in [-0.39, 0.29) is 11.8 Å². The first-order chi connectivity index (χ1) is 14.1. The summed E-state index contributed by atoms with van der Waals surface area (Å²) >= 11 is 0. The topological polar surface area (TPSA) is 49.4 Å². The number of nitrogens with one attached hydrogen (secondary N) is 1. The van der Waals surface area contributed by atoms with Gasteiger partial charge in [0, 0.05) is 19.5 Å². The van der Waals surface area contributed by atoms with Crippen LogP contribution in [0.15, 0.2) is 54.6 Å². The average molecular weight is 395 g/mol. The van der Waals surface area contributed by atoms with Gasteiger partial charge in [0.25, 0.3) is 0 Å². The summed E-state index contributed by atoms with van der Waals surface area (Å²) in [5.74, 6) is -0.0304. The van der Waals surface area contributed by atoms with E-state index in [4.69, 9.17) is 0 Å². The number of hydrogen-bond donors (Lipinski definition) is 1. The number of benzene rings is 2. The monoisotopic (exact) mass is 394 g/mol. The lowest BCUT2D eigenvalue weighted by molar-refractivity contribution is -0.141. The highest BCUT2D eigenvalue weighted by Gasteiger charge is 2.28. The lowest BCUT2D eigenvalue weighted by Gasteiger charge is -2.31. The number of aryl methyl sites for hydroxylation is 2. The Hall–Kier alpha value is -2.62. The molecule has 156 valence electrons. The maximum atomic E-state index is 13.2. The lowest BCUT2D eigenvalue weighted by Crippen LogP contribution is -2.49. The molecule has 2 rings (SSSR count). The van der Waals surface area contributed by atoms with Crippen molar-refractivity contribution in [1.29, 1.82) is 0 Å². The van der Waals surface area contributed by atoms with Crippen LogP contribution in [0.2, 0.25) is 0 Å². The number of amides is 2. The zero-order chi connectivity index (χ0) is 21.1. The Kier molecular flexibility index (Phi) is 9.42. The van der Waals surface area contributed by atoms with Crippen molar-refractivity contribution in [3.63, 3.8) is 0 Å². The molecule has 0 saturated heterocycles. The first-order valence-electron chi connectivity index (χ1n) is 10.7. The van der Waals surface area contributed by atoms with Crippen LogP contribution in [0.25, 0.3) is 0 Å². The van der Waals surface area contributed by atoms with E-state index in [1.165, 1.54) is 0 Å². The standard InChI is InChI=1S/C25H34N2O2/c1-4-6-18-26-25(29)23(5-2)27(19-22-15-11-10-12-20(22)3)24(28)17-16-21-13-8-7-9-14-21/h7-15,23H,4-6,16-19H2,1-3H3,(H,26,29)/t23-/m1/s1. The minimum atomic E-state index is -0.449. The quantitative estimate of drug-likeness (QED) is 0.564. The van der Waals surface area contributed by atoms with E-state index in [1.807, 2.05) is 68.4 Å². The summed E-state index contributed by atoms with van der Waals surface area (Å²) in [4.78, 5) is 27.8. The molecular formula is C25H34N2O2. The molecule has 0 radical (unpaired) electrons. The van der Waals surface area contributed by atoms with Gasteiger partial charge >= 0.3 is 0 Å². The molecule has 0 spiro atoms. The molecule has 0 unspecified atom stereocenters. The second kappa shape index (κ2) is 12.1. The van der Waals surface area contributed by atoms with Crippen LogP contribution in [0.1, 0.15) is 56.2 Å². The Labute approximate surface area is 175 Å². The van der Waals surface area contributed by atoms with Gasteiger partial charge in [0.15, 0.2) is 0 Å². The van der Waals surface area contributed by atoms with Crippen LogP contribution >= 0.6 is 0 Å². The van der Waals surface area contributed by atoms with Crippen LogP contribution in [0.5, 0.6) is 0 Å². The van der Waals surface area contributed by atoms with E-state index in [9.17, 15) is 9.59 Å². The van der Waals surface area contributed by atoms with Gasteiger partial charge in [-0.2, -0.15) is 0 Å². The number of unbranched alkanes of at least 4 members (excludes halogenated alkanes) is 1. The lowest BCUT2D eigenvalue weighted by atomic mass is 10.0. The summed E-state index contributed by atoms with van der Waals surface area (Å²) < 4.78 is 0. The maximum Gasteiger partial charge on any atom is 0.242 e. The minimum Gasteiger partial charge on any atom is -0.354 e. The number of carbonyl (C=O) groups excluding carboxylic acids is 2. The normalized spacial score (nSPS) is 11.7. The molecule has 0 aliphatic rings. The van der Waals surface area contributed by atoms with Crippen LogP contribution in [0, 0.1) is 6.92 Å². The Morgan fingerprint density at radius 3 is 2.34 bits per heavy atom. The molecule has 0 aliphatic heterocycles. The van der Waals surface area contributed by atoms with Gasteiger partial charge < -0.3 is 10.2 Å². The zero-order valence-electron chi connectivity index (χ0n) is 18.0. The predicted molar refractivity (Wildman–Crippen MR) is 118 cm³/mol. The summed E-state index contributed by atoms with van der Waals surface area (Å²) in [7, 11) is 0. The van der Waals surface area contributed by atoms with Crippen molar-refractivity contribution in [2.75, 3.05) is 6.54 Å². The molecular weight excluding hydrogens is 360 g/mol. The molecule has 4 nitrogen and oxygen atoms in total. The molecule has 1 N–H and O–H groups in total. The zero-order valence-corrected chi connectivity index (χ0v) is 18.0. The van der Waals surface area contributed by atoms with Gasteiger partial charge in [-0.15, -0.1) is 0 Å². The number of hydrogen-bond acceptors (Lipinski definition) is 2. The van der Waals surface area contributed by atoms with Gasteiger partial charge in [0.1, 0.15) is 6.04 Å². The van der Waals surface area contributed by atoms with Gasteiger partial charge in [-0.25, -0.2) is 0 Å². The van der Waals surface area contributed by atoms with Crippen molar-refractivity contribution < 1.29 is 9.59 Å². The fraction of sp³-hybridized carbons (Fsp3) is 0.440. The Morgan fingerprint density at radius 1 is 1.00 bits per heavy atom. The highest BCUT2D eigenvalue weighted by atomic mass is 16.2. The highest BCUT2D eigenvalue weighted by Crippen LogP contribution is 2.17. The largest absolute Gasteiger partial charge is 0.354 e. The third-order valence-electron chi connectivity index (χ3n) is 5.29. The molecule has 29 heavy (non-hydrogen) atoms. The van der Waals surface area contributed by atoms with Gasteiger partial charge in [0.2, 0.25) is 11.8 Å². The van der Waals surface area contributed by atoms with Crippen LogP contribution < -0.4 is 5.32 Å². The SMILES string of the molecule is CCCCNC(=O)[C@@H](CC)N(Cc1ccccc1C)C(=O)CCc1ccccc1. The van der Waals surface area contributed by atoms with Crippen molar-refractivity contribution in [3.05, 3.63) is 71.3 Å². The number of carbonyl (C=O) groups is 2. The Morgan fingerprint density at radius 2 is 1.69 bits per heavy atom. The number of nitrogens with zero attached hydrogens (tertiary/aromatic N) is 1. The molecule has 0 aromatic heterocycles. The molecule has 2 aromatic rings. The highest BCUT2D eigenvalue weighted by molar-refractivity contribution is 5.87. The summed E-state index contributed by atoms with van der Waals surface area (Å²) in [6, 6.07) is 17.6. The van der Waals surface area contributed by atoms with Gasteiger partial charge in [-0.1, -0.05) is 74.9 Å². The minimum absolute atomic E-state index is 0.0228. The van der Waals surface area contributed by atoms with E-state index in [0.717, 1.165) is 29.5 Å². The van der Waals surface area contributed by atoms with Crippen molar-refractivity contribution in [2.24, 2.45) is 0 Å². The van der Waals surface area contributed by atoms with Crippen LogP contribution in [0.4, 0.5) is 0 Å². The Bertz CT molecular complexity index is 773. The molecule has 0 aliphatic carbocycles. The molecule has 0 saturated carbocycles. The molecule has 2 aromatic carbocycles. The van der Waals surface area contributed by atoms with E-state index in [2.05, 4.69) is 12.2 Å². The van der Waals surface area contributed by atoms with E-state index < -0.39 is 6.04 Å². The van der Waals surface area contributed by atoms with Crippen molar-refractivity contribution in [3.8, 4) is 0 Å². The van der Waals surface area contributed by atoms with Crippen LogP contribution in [-0.4, -0.2) is 29.3 Å². The van der Waals surface area contributed by atoms with Crippen molar-refractivity contribution in [1.82, 2.24) is 10.2 Å². The third-order valence-corrected chi connectivity index (χ3v) is 5.29. The average Bonchev–Trinajstić information content (AvgIpc) is 2.74. The molecule has 0 bridgehead atoms. The molecule has 4 heteroatoms. The second-order valence-corrected chi connectivity index (χ2v) is 7.50. The second-order valence-electron chi connectivity index (χ2n) is 7.50. The molecule has 2 amide bonds. The van der Waals surface area contributed by atoms with E-state index in [0.29, 0.717) is 32.4 Å². The third kappa shape index (κ3) is 7.04. The van der Waals surface area contributed by atoms with Gasteiger partial charge in [0.05, 0.1) is 0 Å². The molecule has 0 fully saturated rings. The van der Waals surface area contributed by atoms with Crippen LogP contribution in [0.3, 0.4) is 0 Å². The van der Waals surface area contributed by atoms with Crippen molar-refractivity contribution in [2.45, 2.75) is 65.5 Å². The summed E-state index contributed by atoms with van der Waals surface area (Å²) in [5, 5.41) is 3.01. The van der Waals surface area contributed by atoms with Gasteiger partial charge in [-0.05, 0) is 42.9 Å².